The molecule has 1 spiro atoms. The number of benzene rings is 2. The summed E-state index contributed by atoms with van der Waals surface area (Å²) in [5, 5.41) is 2.45. The van der Waals surface area contributed by atoms with Gasteiger partial charge in [0.15, 0.2) is 5.69 Å². The maximum Gasteiger partial charge on any atom is 0.343 e. The van der Waals surface area contributed by atoms with E-state index in [9.17, 15) is 23.6 Å². The van der Waals surface area contributed by atoms with Crippen LogP contribution in [0.1, 0.15) is 55.2 Å². The lowest BCUT2D eigenvalue weighted by atomic mass is 9.67. The molecule has 0 radical (unpaired) electrons. The third-order valence-electron chi connectivity index (χ3n) is 7.69. The van der Waals surface area contributed by atoms with E-state index in [2.05, 4.69) is 5.32 Å². The van der Waals surface area contributed by atoms with Crippen molar-refractivity contribution < 1.29 is 28.2 Å². The van der Waals surface area contributed by atoms with Gasteiger partial charge in [0.05, 0.1) is 16.1 Å². The SMILES string of the molecule is COC[C@H]1C[C@]2(CN(C)C(=O)c3c(OC(=O)c4ccc(C)cc4)c(=O)c(C(=O)NCc4cccc(Cl)c4F)cn32)C1. The van der Waals surface area contributed by atoms with E-state index in [1.54, 1.807) is 49.1 Å². The normalized spacial score (nSPS) is 19.5. The molecule has 2 heterocycles. The summed E-state index contributed by atoms with van der Waals surface area (Å²) in [4.78, 5) is 55.2. The van der Waals surface area contributed by atoms with Gasteiger partial charge in [-0.15, -0.1) is 0 Å². The highest BCUT2D eigenvalue weighted by atomic mass is 35.5. The molecule has 0 bridgehead atoms. The molecule has 214 valence electrons. The molecule has 5 rings (SSSR count). The van der Waals surface area contributed by atoms with Crippen molar-refractivity contribution in [2.24, 2.45) is 5.92 Å². The zero-order valence-electron chi connectivity index (χ0n) is 22.8. The molecule has 1 saturated carbocycles. The van der Waals surface area contributed by atoms with Crippen LogP contribution in [0, 0.1) is 18.7 Å². The highest BCUT2D eigenvalue weighted by Gasteiger charge is 2.52. The number of likely N-dealkylation sites (N-methyl/N-ethyl adjacent to an activating group) is 1. The highest BCUT2D eigenvalue weighted by molar-refractivity contribution is 6.30. The molecule has 1 fully saturated rings. The third-order valence-corrected chi connectivity index (χ3v) is 7.99. The van der Waals surface area contributed by atoms with Gasteiger partial charge >= 0.3 is 5.97 Å². The maximum atomic E-state index is 14.4. The van der Waals surface area contributed by atoms with Crippen molar-refractivity contribution >= 4 is 29.4 Å². The summed E-state index contributed by atoms with van der Waals surface area (Å²) in [5.74, 6) is -3.17. The quantitative estimate of drug-likeness (QED) is 0.424. The van der Waals surface area contributed by atoms with E-state index < -0.39 is 40.3 Å². The van der Waals surface area contributed by atoms with Gasteiger partial charge in [0, 0.05) is 45.6 Å². The lowest BCUT2D eigenvalue weighted by Gasteiger charge is -2.54. The molecule has 1 aliphatic carbocycles. The molecule has 1 N–H and O–H groups in total. The minimum atomic E-state index is -0.924. The van der Waals surface area contributed by atoms with Crippen molar-refractivity contribution in [2.75, 3.05) is 27.3 Å². The van der Waals surface area contributed by atoms with Crippen LogP contribution in [0.2, 0.25) is 5.02 Å². The molecule has 11 heteroatoms. The molecule has 0 unspecified atom stereocenters. The first-order valence-electron chi connectivity index (χ1n) is 13.1. The summed E-state index contributed by atoms with van der Waals surface area (Å²) in [7, 11) is 3.23. The Morgan fingerprint density at radius 1 is 1.15 bits per heavy atom. The van der Waals surface area contributed by atoms with E-state index in [0.29, 0.717) is 26.0 Å². The molecule has 0 atom stereocenters. The van der Waals surface area contributed by atoms with Gasteiger partial charge in [-0.05, 0) is 43.9 Å². The number of fused-ring (bicyclic) bond motifs is 2. The number of carbonyl (C=O) groups excluding carboxylic acids is 3. The Hall–Kier alpha value is -4.02. The molecule has 1 aliphatic heterocycles. The highest BCUT2D eigenvalue weighted by Crippen LogP contribution is 2.48. The summed E-state index contributed by atoms with van der Waals surface area (Å²) in [6.07, 6.45) is 2.58. The average Bonchev–Trinajstić information content (AvgIpc) is 2.92. The van der Waals surface area contributed by atoms with Gasteiger partial charge < -0.3 is 24.3 Å². The molecule has 3 aromatic rings. The molecule has 2 amide bonds. The minimum Gasteiger partial charge on any atom is -0.416 e. The average molecular weight is 582 g/mol. The number of hydrogen-bond donors (Lipinski definition) is 1. The Morgan fingerprint density at radius 3 is 2.54 bits per heavy atom. The number of esters is 1. The fraction of sp³-hybridized carbons (Fsp3) is 0.333. The van der Waals surface area contributed by atoms with Crippen LogP contribution in [-0.2, 0) is 16.8 Å². The molecular weight excluding hydrogens is 553 g/mol. The second-order valence-electron chi connectivity index (χ2n) is 10.7. The fourth-order valence-electron chi connectivity index (χ4n) is 5.68. The summed E-state index contributed by atoms with van der Waals surface area (Å²) in [6.45, 7) is 2.47. The number of hydrogen-bond acceptors (Lipinski definition) is 6. The van der Waals surface area contributed by atoms with Crippen LogP contribution < -0.4 is 15.5 Å². The Balaban J connectivity index is 1.58. The van der Waals surface area contributed by atoms with Gasteiger partial charge in [-0.2, -0.15) is 0 Å². The van der Waals surface area contributed by atoms with Crippen LogP contribution in [0.3, 0.4) is 0 Å². The standard InChI is InChI=1S/C30H29ClFN3O6/c1-17-7-9-19(10-8-17)29(39)41-26-24-28(38)34(2)16-30(11-18(12-30)15-40-3)35(24)14-21(25(26)36)27(37)33-13-20-5-4-6-22(31)23(20)32/h4-10,14,18H,11-13,15-16H2,1-3H3,(H,33,37)/t18-,30+. The number of carbonyl (C=O) groups is 3. The van der Waals surface area contributed by atoms with Crippen LogP contribution in [0.4, 0.5) is 4.39 Å². The predicted octanol–water partition coefficient (Wildman–Crippen LogP) is 3.94. The Labute approximate surface area is 240 Å². The van der Waals surface area contributed by atoms with Crippen molar-refractivity contribution in [1.29, 1.82) is 0 Å². The summed E-state index contributed by atoms with van der Waals surface area (Å²) < 4.78 is 27.0. The topological polar surface area (TPSA) is 107 Å². The Kier molecular flexibility index (Phi) is 7.72. The number of methoxy groups -OCH3 is 1. The molecule has 1 aromatic heterocycles. The van der Waals surface area contributed by atoms with Gasteiger partial charge in [0.2, 0.25) is 11.2 Å². The number of aryl methyl sites for hydroxylation is 1. The van der Waals surface area contributed by atoms with Crippen molar-refractivity contribution in [3.8, 4) is 5.75 Å². The summed E-state index contributed by atoms with van der Waals surface area (Å²) in [5.41, 5.74) is -0.767. The summed E-state index contributed by atoms with van der Waals surface area (Å²) >= 11 is 5.86. The zero-order chi connectivity index (χ0) is 29.5. The molecule has 2 aliphatic rings. The number of rotatable bonds is 7. The zero-order valence-corrected chi connectivity index (χ0v) is 23.6. The first kappa shape index (κ1) is 28.5. The number of aromatic nitrogens is 1. The second kappa shape index (κ2) is 11.1. The van der Waals surface area contributed by atoms with Gasteiger partial charge in [-0.25, -0.2) is 9.18 Å². The van der Waals surface area contributed by atoms with Crippen LogP contribution in [-0.4, -0.2) is 54.6 Å². The van der Waals surface area contributed by atoms with E-state index in [-0.39, 0.29) is 39.9 Å². The fourth-order valence-corrected chi connectivity index (χ4v) is 5.88. The van der Waals surface area contributed by atoms with Crippen LogP contribution in [0.25, 0.3) is 0 Å². The number of nitrogens with one attached hydrogen (secondary N) is 1. The van der Waals surface area contributed by atoms with Crippen molar-refractivity contribution in [1.82, 2.24) is 14.8 Å². The number of pyridine rings is 1. The van der Waals surface area contributed by atoms with Gasteiger partial charge in [-0.3, -0.25) is 14.4 Å². The number of amides is 2. The number of halogens is 2. The third kappa shape index (κ3) is 5.25. The Morgan fingerprint density at radius 2 is 1.85 bits per heavy atom. The van der Waals surface area contributed by atoms with Crippen LogP contribution in [0.5, 0.6) is 5.75 Å². The molecule has 9 nitrogen and oxygen atoms in total. The lowest BCUT2D eigenvalue weighted by Crippen LogP contribution is -2.60. The monoisotopic (exact) mass is 581 g/mol. The number of nitrogens with zero attached hydrogens (tertiary/aromatic N) is 2. The molecule has 2 aromatic carbocycles. The molecule has 41 heavy (non-hydrogen) atoms. The van der Waals surface area contributed by atoms with Crippen LogP contribution >= 0.6 is 11.6 Å². The van der Waals surface area contributed by atoms with Crippen molar-refractivity contribution in [3.05, 3.63) is 97.7 Å². The van der Waals surface area contributed by atoms with E-state index in [1.807, 2.05) is 6.92 Å². The largest absolute Gasteiger partial charge is 0.416 e. The van der Waals surface area contributed by atoms with E-state index >= 15 is 0 Å². The van der Waals surface area contributed by atoms with Crippen molar-refractivity contribution in [2.45, 2.75) is 31.8 Å². The van der Waals surface area contributed by atoms with Crippen LogP contribution in [0.15, 0.2) is 53.5 Å². The van der Waals surface area contributed by atoms with E-state index in [1.165, 1.54) is 23.2 Å². The first-order valence-corrected chi connectivity index (χ1v) is 13.5. The smallest absolute Gasteiger partial charge is 0.343 e. The summed E-state index contributed by atoms with van der Waals surface area (Å²) in [6, 6.07) is 10.9. The Bertz CT molecular complexity index is 1600. The second-order valence-corrected chi connectivity index (χ2v) is 11.1. The molecular formula is C30H29ClFN3O6. The molecule has 0 saturated heterocycles. The first-order chi connectivity index (χ1) is 19.5. The lowest BCUT2D eigenvalue weighted by molar-refractivity contribution is -0.0190. The van der Waals surface area contributed by atoms with Gasteiger partial charge in [0.1, 0.15) is 11.4 Å². The van der Waals surface area contributed by atoms with E-state index in [4.69, 9.17) is 21.1 Å². The minimum absolute atomic E-state index is 0.0995. The maximum absolute atomic E-state index is 14.4. The predicted molar refractivity (Wildman–Crippen MR) is 149 cm³/mol. The van der Waals surface area contributed by atoms with Gasteiger partial charge in [0.25, 0.3) is 11.8 Å². The number of ether oxygens (including phenoxy) is 2. The van der Waals surface area contributed by atoms with Crippen molar-refractivity contribution in [3.63, 3.8) is 0 Å². The van der Waals surface area contributed by atoms with E-state index in [0.717, 1.165) is 5.56 Å². The van der Waals surface area contributed by atoms with Gasteiger partial charge in [-0.1, -0.05) is 41.4 Å².